The zero-order chi connectivity index (χ0) is 15.5. The van der Waals surface area contributed by atoms with E-state index in [0.29, 0.717) is 16.4 Å². The quantitative estimate of drug-likeness (QED) is 0.812. The lowest BCUT2D eigenvalue weighted by Crippen LogP contribution is -2.48. The number of carbonyl (C=O) groups is 1. The average Bonchev–Trinajstić information content (AvgIpc) is 2.46. The largest absolute Gasteiger partial charge is 0.319 e. The van der Waals surface area contributed by atoms with E-state index in [1.807, 2.05) is 6.92 Å². The van der Waals surface area contributed by atoms with Crippen LogP contribution >= 0.6 is 11.8 Å². The Kier molecular flexibility index (Phi) is 4.75. The van der Waals surface area contributed by atoms with Crippen molar-refractivity contribution in [2.75, 3.05) is 5.75 Å². The van der Waals surface area contributed by atoms with Crippen LogP contribution in [0.15, 0.2) is 22.8 Å². The second-order valence-electron chi connectivity index (χ2n) is 5.83. The maximum Gasteiger partial charge on any atom is 0.243 e. The van der Waals surface area contributed by atoms with E-state index in [2.05, 4.69) is 24.0 Å². The van der Waals surface area contributed by atoms with Gasteiger partial charge in [0.15, 0.2) is 0 Å². The fourth-order valence-corrected chi connectivity index (χ4v) is 4.19. The molecule has 0 aromatic carbocycles. The number of carbonyl (C=O) groups excluding carboxylic acids is 1. The number of thioether (sulfide) groups is 1. The molecule has 110 valence electrons. The van der Waals surface area contributed by atoms with Crippen molar-refractivity contribution in [1.82, 2.24) is 5.32 Å². The molecule has 1 aliphatic carbocycles. The molecular formula is C16H19N3OS. The fourth-order valence-electron chi connectivity index (χ4n) is 3.24. The normalized spacial score (nSPS) is 24.1. The van der Waals surface area contributed by atoms with Crippen LogP contribution in [0.3, 0.4) is 0 Å². The molecular weight excluding hydrogens is 282 g/mol. The van der Waals surface area contributed by atoms with E-state index in [0.717, 1.165) is 37.7 Å². The van der Waals surface area contributed by atoms with E-state index in [1.54, 1.807) is 0 Å². The molecule has 4 nitrogen and oxygen atoms in total. The van der Waals surface area contributed by atoms with E-state index >= 15 is 0 Å². The summed E-state index contributed by atoms with van der Waals surface area (Å²) in [4.78, 5) is 12.3. The van der Waals surface area contributed by atoms with Crippen molar-refractivity contribution in [2.45, 2.75) is 39.0 Å². The Morgan fingerprint density at radius 1 is 1.43 bits per heavy atom. The van der Waals surface area contributed by atoms with E-state index in [1.165, 1.54) is 11.8 Å². The van der Waals surface area contributed by atoms with Gasteiger partial charge < -0.3 is 5.32 Å². The van der Waals surface area contributed by atoms with Crippen LogP contribution in [-0.4, -0.2) is 11.7 Å². The molecule has 1 N–H and O–H groups in total. The lowest BCUT2D eigenvalue weighted by atomic mass is 9.61. The minimum Gasteiger partial charge on any atom is -0.319 e. The fraction of sp³-hybridized carbons (Fsp3) is 0.562. The van der Waals surface area contributed by atoms with E-state index in [-0.39, 0.29) is 5.91 Å². The highest BCUT2D eigenvalue weighted by molar-refractivity contribution is 8.03. The summed E-state index contributed by atoms with van der Waals surface area (Å²) in [6.45, 7) is 5.77. The predicted octanol–water partition coefficient (Wildman–Crippen LogP) is 3.25. The highest BCUT2D eigenvalue weighted by Gasteiger charge is 2.51. The van der Waals surface area contributed by atoms with Gasteiger partial charge in [-0.2, -0.15) is 10.5 Å². The van der Waals surface area contributed by atoms with Crippen LogP contribution in [0.4, 0.5) is 0 Å². The van der Waals surface area contributed by atoms with Crippen molar-refractivity contribution in [3.05, 3.63) is 22.8 Å². The first-order valence-corrected chi connectivity index (χ1v) is 8.16. The first-order chi connectivity index (χ1) is 10.0. The van der Waals surface area contributed by atoms with Crippen LogP contribution in [0.5, 0.6) is 0 Å². The Morgan fingerprint density at radius 2 is 2.10 bits per heavy atom. The summed E-state index contributed by atoms with van der Waals surface area (Å²) in [6, 6.07) is 4.43. The van der Waals surface area contributed by atoms with Gasteiger partial charge in [-0.15, -0.1) is 11.8 Å². The van der Waals surface area contributed by atoms with Gasteiger partial charge in [-0.3, -0.25) is 4.79 Å². The monoisotopic (exact) mass is 301 g/mol. The Labute approximate surface area is 129 Å². The molecule has 21 heavy (non-hydrogen) atoms. The van der Waals surface area contributed by atoms with Crippen LogP contribution in [0.1, 0.15) is 39.0 Å². The van der Waals surface area contributed by atoms with Gasteiger partial charge in [-0.1, -0.05) is 31.4 Å². The maximum absolute atomic E-state index is 12.3. The lowest BCUT2D eigenvalue weighted by molar-refractivity contribution is -0.126. The molecule has 2 aliphatic rings. The molecule has 5 heteroatoms. The van der Waals surface area contributed by atoms with E-state index in [4.69, 9.17) is 0 Å². The molecule has 1 saturated carbocycles. The Hall–Kier alpha value is -1.72. The van der Waals surface area contributed by atoms with Crippen LogP contribution in [0.2, 0.25) is 0 Å². The summed E-state index contributed by atoms with van der Waals surface area (Å²) < 4.78 is 0. The van der Waals surface area contributed by atoms with Gasteiger partial charge in [-0.05, 0) is 19.8 Å². The maximum atomic E-state index is 12.3. The molecule has 1 spiro atoms. The van der Waals surface area contributed by atoms with Crippen molar-refractivity contribution in [2.24, 2.45) is 11.3 Å². The highest BCUT2D eigenvalue weighted by Crippen LogP contribution is 2.51. The number of allylic oxidation sites excluding steroid dienone is 1. The number of rotatable bonds is 3. The summed E-state index contributed by atoms with van der Waals surface area (Å²) in [5.74, 6) is -0.349. The number of hydrogen-bond acceptors (Lipinski definition) is 4. The van der Waals surface area contributed by atoms with E-state index in [9.17, 15) is 15.3 Å². The highest BCUT2D eigenvalue weighted by atomic mass is 32.2. The second-order valence-corrected chi connectivity index (χ2v) is 6.82. The van der Waals surface area contributed by atoms with Crippen molar-refractivity contribution in [1.29, 1.82) is 10.5 Å². The lowest BCUT2D eigenvalue weighted by Gasteiger charge is -2.43. The van der Waals surface area contributed by atoms with Gasteiger partial charge in [-0.25, -0.2) is 0 Å². The van der Waals surface area contributed by atoms with Crippen LogP contribution in [0, 0.1) is 34.0 Å². The topological polar surface area (TPSA) is 76.7 Å². The number of nitrogens with one attached hydrogen (secondary N) is 1. The molecule has 0 unspecified atom stereocenters. The number of nitriles is 2. The molecule has 1 amide bonds. The van der Waals surface area contributed by atoms with Crippen molar-refractivity contribution < 1.29 is 4.79 Å². The molecule has 0 bridgehead atoms. The number of hydrogen-bond donors (Lipinski definition) is 1. The third-order valence-electron chi connectivity index (χ3n) is 4.23. The Balaban J connectivity index is 2.47. The van der Waals surface area contributed by atoms with Gasteiger partial charge in [0.1, 0.15) is 5.92 Å². The number of amides is 1. The minimum atomic E-state index is -0.748. The van der Waals surface area contributed by atoms with Crippen LogP contribution < -0.4 is 5.32 Å². The third kappa shape index (κ3) is 2.84. The average molecular weight is 301 g/mol. The van der Waals surface area contributed by atoms with Crippen LogP contribution in [0.25, 0.3) is 0 Å². The molecule has 0 saturated heterocycles. The number of nitrogens with zero attached hydrogens (tertiary/aromatic N) is 2. The van der Waals surface area contributed by atoms with Crippen molar-refractivity contribution in [3.63, 3.8) is 0 Å². The van der Waals surface area contributed by atoms with Gasteiger partial charge in [0, 0.05) is 11.2 Å². The molecule has 1 atom stereocenters. The summed E-state index contributed by atoms with van der Waals surface area (Å²) in [7, 11) is 0. The zero-order valence-electron chi connectivity index (χ0n) is 12.2. The molecule has 1 fully saturated rings. The smallest absolute Gasteiger partial charge is 0.243 e. The third-order valence-corrected chi connectivity index (χ3v) is 5.46. The van der Waals surface area contributed by atoms with E-state index < -0.39 is 11.3 Å². The molecule has 1 aliphatic heterocycles. The second kappa shape index (κ2) is 6.37. The molecule has 0 radical (unpaired) electrons. The molecule has 0 aromatic heterocycles. The summed E-state index contributed by atoms with van der Waals surface area (Å²) in [5, 5.41) is 22.5. The summed E-state index contributed by atoms with van der Waals surface area (Å²) in [6.07, 6.45) is 4.54. The zero-order valence-corrected chi connectivity index (χ0v) is 13.1. The van der Waals surface area contributed by atoms with Gasteiger partial charge >= 0.3 is 0 Å². The summed E-state index contributed by atoms with van der Waals surface area (Å²) >= 11 is 1.44. The molecule has 0 aromatic rings. The van der Waals surface area contributed by atoms with Crippen molar-refractivity contribution in [3.8, 4) is 12.1 Å². The Bertz CT molecular complexity index is 573. The van der Waals surface area contributed by atoms with Gasteiger partial charge in [0.25, 0.3) is 0 Å². The first kappa shape index (κ1) is 15.7. The Morgan fingerprint density at radius 3 is 2.62 bits per heavy atom. The first-order valence-electron chi connectivity index (χ1n) is 7.17. The van der Waals surface area contributed by atoms with Crippen molar-refractivity contribution >= 4 is 17.7 Å². The summed E-state index contributed by atoms with van der Waals surface area (Å²) in [5.41, 5.74) is 1.00. The minimum absolute atomic E-state index is 0.261. The standard InChI is InChI=1S/C16H19N3OS/c1-11(2)10-21-15-13(9-18)16(6-4-3-5-7-16)12(8-17)14(20)19-15/h12H,1,3-7,10H2,2H3,(H,19,20)/t12-/m1/s1. The van der Waals surface area contributed by atoms with Gasteiger partial charge in [0.2, 0.25) is 5.91 Å². The molecule has 2 rings (SSSR count). The van der Waals surface area contributed by atoms with Gasteiger partial charge in [0.05, 0.1) is 22.7 Å². The molecule has 1 heterocycles. The van der Waals surface area contributed by atoms with Crippen LogP contribution in [-0.2, 0) is 4.79 Å². The predicted molar refractivity (Wildman–Crippen MR) is 82.7 cm³/mol. The SMILES string of the molecule is C=C(C)CSC1=C(C#N)C2(CCCCC2)[C@H](C#N)C(=O)N1.